The number of carbonyl (C=O) groups is 2. The van der Waals surface area contributed by atoms with E-state index < -0.39 is 80.0 Å². The van der Waals surface area contributed by atoms with Gasteiger partial charge in [0.15, 0.2) is 18.7 Å². The highest BCUT2D eigenvalue weighted by molar-refractivity contribution is 5.89. The van der Waals surface area contributed by atoms with E-state index in [0.29, 0.717) is 11.1 Å². The Bertz CT molecular complexity index is 2380. The summed E-state index contributed by atoms with van der Waals surface area (Å²) in [6.07, 6.45) is -13.0. The lowest BCUT2D eigenvalue weighted by Gasteiger charge is -2.48. The highest BCUT2D eigenvalue weighted by atomic mass is 16.7. The topological polar surface area (TPSA) is 158 Å². The average Bonchev–Trinajstić information content (AvgIpc) is 3.37. The largest absolute Gasteiger partial charge is 0.459 e. The Morgan fingerprint density at radius 3 is 1.36 bits per heavy atom. The van der Waals surface area contributed by atoms with E-state index in [2.05, 4.69) is 0 Å². The van der Waals surface area contributed by atoms with E-state index in [-0.39, 0.29) is 33.0 Å². The molecule has 348 valence electrons. The number of rotatable bonds is 20. The molecule has 2 aliphatic heterocycles. The van der Waals surface area contributed by atoms with Crippen molar-refractivity contribution < 1.29 is 62.4 Å². The van der Waals surface area contributed by atoms with E-state index in [1.54, 1.807) is 60.7 Å². The van der Waals surface area contributed by atoms with Crippen LogP contribution in [0, 0.1) is 0 Å². The van der Waals surface area contributed by atoms with Gasteiger partial charge in [-0.3, -0.25) is 0 Å². The van der Waals surface area contributed by atoms with Crippen LogP contribution in [0.25, 0.3) is 0 Å². The van der Waals surface area contributed by atoms with Crippen molar-refractivity contribution in [1.82, 2.24) is 0 Å². The molecule has 0 radical (unpaired) electrons. The van der Waals surface area contributed by atoms with E-state index >= 15 is 0 Å². The molecule has 67 heavy (non-hydrogen) atoms. The van der Waals surface area contributed by atoms with Gasteiger partial charge in [0.05, 0.1) is 44.2 Å². The van der Waals surface area contributed by atoms with Crippen molar-refractivity contribution in [3.63, 3.8) is 0 Å². The van der Waals surface area contributed by atoms with Crippen LogP contribution < -0.4 is 0 Å². The maximum absolute atomic E-state index is 14.0. The maximum Gasteiger partial charge on any atom is 0.338 e. The molecule has 13 nitrogen and oxygen atoms in total. The fraction of sp³-hybridized carbons (Fsp3) is 0.296. The third kappa shape index (κ3) is 13.1. The monoisotopic (exact) mass is 910 g/mol. The number of hydrogen-bond acceptors (Lipinski definition) is 13. The molecule has 6 aromatic rings. The Labute approximate surface area is 389 Å². The van der Waals surface area contributed by atoms with Crippen LogP contribution in [-0.2, 0) is 69.1 Å². The Kier molecular flexibility index (Phi) is 17.0. The van der Waals surface area contributed by atoms with E-state index in [0.717, 1.165) is 22.3 Å². The van der Waals surface area contributed by atoms with Crippen LogP contribution in [0.2, 0.25) is 0 Å². The lowest BCUT2D eigenvalue weighted by molar-refractivity contribution is -0.366. The van der Waals surface area contributed by atoms with Crippen LogP contribution in [0.15, 0.2) is 182 Å². The van der Waals surface area contributed by atoms with Crippen molar-refractivity contribution >= 4 is 11.9 Å². The summed E-state index contributed by atoms with van der Waals surface area (Å²) in [6.45, 7) is -0.169. The van der Waals surface area contributed by atoms with Gasteiger partial charge in [0, 0.05) is 0 Å². The molecule has 0 bridgehead atoms. The first-order valence-corrected chi connectivity index (χ1v) is 22.3. The molecule has 10 atom stereocenters. The zero-order chi connectivity index (χ0) is 46.2. The van der Waals surface area contributed by atoms with Gasteiger partial charge < -0.3 is 52.8 Å². The van der Waals surface area contributed by atoms with Crippen molar-refractivity contribution in [3.05, 3.63) is 215 Å². The minimum Gasteiger partial charge on any atom is -0.459 e. The first-order valence-electron chi connectivity index (χ1n) is 22.3. The van der Waals surface area contributed by atoms with Gasteiger partial charge in [-0.1, -0.05) is 158 Å². The fourth-order valence-corrected chi connectivity index (χ4v) is 7.93. The van der Waals surface area contributed by atoms with Gasteiger partial charge in [0.25, 0.3) is 0 Å². The summed E-state index contributed by atoms with van der Waals surface area (Å²) in [6, 6.07) is 54.8. The van der Waals surface area contributed by atoms with E-state index in [1.807, 2.05) is 121 Å². The first-order chi connectivity index (χ1) is 32.9. The molecule has 0 spiro atoms. The summed E-state index contributed by atoms with van der Waals surface area (Å²) in [4.78, 5) is 27.3. The number of aliphatic hydroxyl groups is 2. The number of ether oxygens (including phenoxy) is 9. The molecule has 2 fully saturated rings. The summed E-state index contributed by atoms with van der Waals surface area (Å²) in [5.41, 5.74) is 3.94. The second-order valence-electron chi connectivity index (χ2n) is 16.2. The maximum atomic E-state index is 14.0. The zero-order valence-corrected chi connectivity index (χ0v) is 36.7. The SMILES string of the molecule is O=C(OCC1OC(O)C(OCc2ccccc2)C(O)C1OC1OC(COCc2ccccc2)C(OC(=O)c2ccccc2)C(OCc2ccccc2)C1OCc1ccccc1)c1ccccc1. The van der Waals surface area contributed by atoms with Crippen LogP contribution in [-0.4, -0.2) is 96.8 Å². The molecule has 0 aliphatic carbocycles. The first kappa shape index (κ1) is 47.4. The summed E-state index contributed by atoms with van der Waals surface area (Å²) in [5, 5.41) is 23.6. The van der Waals surface area contributed by atoms with Crippen LogP contribution in [0.4, 0.5) is 0 Å². The third-order valence-electron chi connectivity index (χ3n) is 11.4. The minimum atomic E-state index is -1.65. The van der Waals surface area contributed by atoms with Gasteiger partial charge in [-0.25, -0.2) is 9.59 Å². The molecule has 0 amide bonds. The number of aliphatic hydroxyl groups excluding tert-OH is 2. The molecule has 2 aliphatic rings. The van der Waals surface area contributed by atoms with Crippen molar-refractivity contribution in [2.24, 2.45) is 0 Å². The molecule has 2 N–H and O–H groups in total. The lowest BCUT2D eigenvalue weighted by Crippen LogP contribution is -2.66. The van der Waals surface area contributed by atoms with Crippen molar-refractivity contribution in [1.29, 1.82) is 0 Å². The Morgan fingerprint density at radius 1 is 0.433 bits per heavy atom. The van der Waals surface area contributed by atoms with E-state index in [1.165, 1.54) is 0 Å². The molecule has 2 heterocycles. The van der Waals surface area contributed by atoms with E-state index in [9.17, 15) is 19.8 Å². The summed E-state index contributed by atoms with van der Waals surface area (Å²) in [7, 11) is 0. The third-order valence-corrected chi connectivity index (χ3v) is 11.4. The smallest absolute Gasteiger partial charge is 0.338 e. The number of benzene rings is 6. The van der Waals surface area contributed by atoms with Crippen LogP contribution in [0.5, 0.6) is 0 Å². The normalized spacial score (nSPS) is 24.9. The minimum absolute atomic E-state index is 0.0246. The standard InChI is InChI=1S/C54H54O13/c55-45-46(44(36-63-51(56)41-27-15-5-16-28-41)64-53(58)48(45)60-32-38-21-9-2-10-22-38)67-54-50(62-34-40-25-13-4-14-26-40)49(61-33-39-23-11-3-12-24-39)47(66-52(57)42-29-17-6-18-30-42)43(65-54)35-59-31-37-19-7-1-8-20-37/h1-30,43-50,53-55,58H,31-36H2. The molecule has 0 aromatic heterocycles. The van der Waals surface area contributed by atoms with Crippen LogP contribution in [0.3, 0.4) is 0 Å². The quantitative estimate of drug-likeness (QED) is 0.0741. The Balaban J connectivity index is 1.15. The Morgan fingerprint density at radius 2 is 0.851 bits per heavy atom. The van der Waals surface area contributed by atoms with Crippen molar-refractivity contribution in [2.45, 2.75) is 87.8 Å². The van der Waals surface area contributed by atoms with Crippen LogP contribution in [0.1, 0.15) is 43.0 Å². The van der Waals surface area contributed by atoms with Gasteiger partial charge in [-0.2, -0.15) is 0 Å². The second kappa shape index (κ2) is 24.1. The second-order valence-corrected chi connectivity index (χ2v) is 16.2. The predicted molar refractivity (Wildman–Crippen MR) is 244 cm³/mol. The summed E-state index contributed by atoms with van der Waals surface area (Å²) >= 11 is 0. The summed E-state index contributed by atoms with van der Waals surface area (Å²) in [5.74, 6) is -1.28. The molecule has 8 rings (SSSR count). The molecule has 10 unspecified atom stereocenters. The van der Waals surface area contributed by atoms with Crippen molar-refractivity contribution in [2.75, 3.05) is 13.2 Å². The summed E-state index contributed by atoms with van der Waals surface area (Å²) < 4.78 is 57.9. The van der Waals surface area contributed by atoms with Gasteiger partial charge in [-0.15, -0.1) is 0 Å². The fourth-order valence-electron chi connectivity index (χ4n) is 7.93. The molecular weight excluding hydrogens is 857 g/mol. The predicted octanol–water partition coefficient (Wildman–Crippen LogP) is 7.23. The van der Waals surface area contributed by atoms with Crippen LogP contribution >= 0.6 is 0 Å². The number of hydrogen-bond donors (Lipinski definition) is 2. The van der Waals surface area contributed by atoms with Gasteiger partial charge >= 0.3 is 11.9 Å². The average molecular weight is 911 g/mol. The highest BCUT2D eigenvalue weighted by Gasteiger charge is 2.54. The van der Waals surface area contributed by atoms with Gasteiger partial charge in [0.1, 0.15) is 49.3 Å². The molecule has 2 saturated heterocycles. The van der Waals surface area contributed by atoms with Gasteiger partial charge in [-0.05, 0) is 46.5 Å². The van der Waals surface area contributed by atoms with Crippen molar-refractivity contribution in [3.8, 4) is 0 Å². The highest BCUT2D eigenvalue weighted by Crippen LogP contribution is 2.35. The number of esters is 2. The van der Waals surface area contributed by atoms with E-state index in [4.69, 9.17) is 42.6 Å². The lowest BCUT2D eigenvalue weighted by atomic mass is 9.96. The molecule has 13 heteroatoms. The number of carbonyl (C=O) groups excluding carboxylic acids is 2. The molecule has 6 aromatic carbocycles. The Hall–Kier alpha value is -6.10. The molecular formula is C54H54O13. The molecule has 0 saturated carbocycles. The van der Waals surface area contributed by atoms with Gasteiger partial charge in [0.2, 0.25) is 0 Å². The zero-order valence-electron chi connectivity index (χ0n) is 36.7.